The Morgan fingerprint density at radius 3 is 2.55 bits per heavy atom. The van der Waals surface area contributed by atoms with E-state index in [1.807, 2.05) is 0 Å². The zero-order valence-corrected chi connectivity index (χ0v) is 18.6. The van der Waals surface area contributed by atoms with Crippen molar-refractivity contribution in [2.45, 2.75) is 44.9 Å². The number of nitro groups is 1. The molecule has 1 amide bonds. The van der Waals surface area contributed by atoms with Crippen molar-refractivity contribution in [1.82, 2.24) is 9.88 Å². The highest BCUT2D eigenvalue weighted by molar-refractivity contribution is 7.09. The molecule has 1 fully saturated rings. The molecule has 4 rings (SSSR count). The Morgan fingerprint density at radius 1 is 1.19 bits per heavy atom. The lowest BCUT2D eigenvalue weighted by Crippen LogP contribution is -2.37. The van der Waals surface area contributed by atoms with Crippen LogP contribution < -0.4 is 0 Å². The maximum Gasteiger partial charge on any atom is 0.289 e. The van der Waals surface area contributed by atoms with Crippen molar-refractivity contribution in [3.05, 3.63) is 68.4 Å². The van der Waals surface area contributed by atoms with Gasteiger partial charge in [-0.2, -0.15) is 0 Å². The Morgan fingerprint density at radius 2 is 1.90 bits per heavy atom. The van der Waals surface area contributed by atoms with E-state index in [1.54, 1.807) is 46.6 Å². The number of piperidine rings is 1. The van der Waals surface area contributed by atoms with Crippen LogP contribution >= 0.6 is 11.3 Å². The Hall–Kier alpha value is -3.00. The highest BCUT2D eigenvalue weighted by Crippen LogP contribution is 2.35. The van der Waals surface area contributed by atoms with Gasteiger partial charge in [-0.1, -0.05) is 32.9 Å². The van der Waals surface area contributed by atoms with Crippen molar-refractivity contribution in [2.75, 3.05) is 13.1 Å². The number of nitro benzene ring substituents is 1. The summed E-state index contributed by atoms with van der Waals surface area (Å²) >= 11 is 1.71. The average Bonchev–Trinajstić information content (AvgIpc) is 3.43. The number of amides is 1. The normalized spacial score (nSPS) is 15.3. The van der Waals surface area contributed by atoms with Crippen LogP contribution in [-0.2, 0) is 5.41 Å². The molecule has 1 saturated heterocycles. The summed E-state index contributed by atoms with van der Waals surface area (Å²) in [4.78, 5) is 30.4. The van der Waals surface area contributed by atoms with Crippen LogP contribution in [0.25, 0.3) is 11.3 Å². The lowest BCUT2D eigenvalue weighted by Gasteiger charge is -2.30. The van der Waals surface area contributed by atoms with E-state index in [-0.39, 0.29) is 22.8 Å². The average molecular weight is 440 g/mol. The van der Waals surface area contributed by atoms with Crippen molar-refractivity contribution >= 4 is 22.9 Å². The number of nitrogens with zero attached hydrogens (tertiary/aromatic N) is 3. The fourth-order valence-electron chi connectivity index (χ4n) is 3.74. The van der Waals surface area contributed by atoms with Crippen molar-refractivity contribution < 1.29 is 14.1 Å². The molecule has 8 heteroatoms. The van der Waals surface area contributed by atoms with Gasteiger partial charge in [0.1, 0.15) is 5.76 Å². The van der Waals surface area contributed by atoms with Gasteiger partial charge < -0.3 is 9.32 Å². The summed E-state index contributed by atoms with van der Waals surface area (Å²) in [5, 5.41) is 14.6. The van der Waals surface area contributed by atoms with Gasteiger partial charge in [0, 0.05) is 35.9 Å². The van der Waals surface area contributed by atoms with Crippen LogP contribution in [0.2, 0.25) is 0 Å². The van der Waals surface area contributed by atoms with Gasteiger partial charge in [-0.25, -0.2) is 4.98 Å². The van der Waals surface area contributed by atoms with Crippen molar-refractivity contribution in [3.8, 4) is 11.3 Å². The number of hydrogen-bond acceptors (Lipinski definition) is 6. The Balaban J connectivity index is 1.43. The smallest absolute Gasteiger partial charge is 0.289 e. The molecule has 0 radical (unpaired) electrons. The number of furan rings is 1. The summed E-state index contributed by atoms with van der Waals surface area (Å²) in [5.74, 6) is 0.709. The van der Waals surface area contributed by atoms with E-state index >= 15 is 0 Å². The summed E-state index contributed by atoms with van der Waals surface area (Å²) in [7, 11) is 0. The summed E-state index contributed by atoms with van der Waals surface area (Å²) < 4.78 is 5.72. The zero-order valence-electron chi connectivity index (χ0n) is 17.8. The van der Waals surface area contributed by atoms with Crippen LogP contribution in [0.3, 0.4) is 0 Å². The lowest BCUT2D eigenvalue weighted by atomic mass is 9.93. The highest BCUT2D eigenvalue weighted by atomic mass is 32.1. The first-order valence-electron chi connectivity index (χ1n) is 10.3. The molecule has 3 aromatic rings. The highest BCUT2D eigenvalue weighted by Gasteiger charge is 2.29. The topological polar surface area (TPSA) is 89.5 Å². The number of carbonyl (C=O) groups excluding carboxylic acids is 1. The van der Waals surface area contributed by atoms with E-state index in [0.717, 1.165) is 23.5 Å². The van der Waals surface area contributed by atoms with E-state index < -0.39 is 4.92 Å². The van der Waals surface area contributed by atoms with Crippen LogP contribution in [0.1, 0.15) is 60.8 Å². The Labute approximate surface area is 184 Å². The molecule has 7 nitrogen and oxygen atoms in total. The molecule has 0 spiro atoms. The van der Waals surface area contributed by atoms with Gasteiger partial charge in [0.15, 0.2) is 5.76 Å². The fourth-order valence-corrected chi connectivity index (χ4v) is 4.96. The van der Waals surface area contributed by atoms with Gasteiger partial charge in [-0.05, 0) is 31.0 Å². The molecule has 162 valence electrons. The molecule has 0 saturated carbocycles. The molecule has 0 bridgehead atoms. The predicted molar refractivity (Wildman–Crippen MR) is 119 cm³/mol. The quantitative estimate of drug-likeness (QED) is 0.388. The minimum atomic E-state index is -0.451. The number of likely N-dealkylation sites (tertiary alicyclic amines) is 1. The number of benzene rings is 1. The number of carbonyl (C=O) groups is 1. The van der Waals surface area contributed by atoms with Crippen LogP contribution in [0.4, 0.5) is 5.69 Å². The second-order valence-electron chi connectivity index (χ2n) is 8.83. The molecule has 1 aromatic carbocycles. The molecular formula is C23H25N3O4S. The van der Waals surface area contributed by atoms with Crippen LogP contribution in [0.15, 0.2) is 46.2 Å². The third-order valence-corrected chi connectivity index (χ3v) is 6.61. The van der Waals surface area contributed by atoms with E-state index in [4.69, 9.17) is 9.40 Å². The van der Waals surface area contributed by atoms with Crippen molar-refractivity contribution in [1.29, 1.82) is 0 Å². The minimum Gasteiger partial charge on any atom is -0.451 e. The van der Waals surface area contributed by atoms with Gasteiger partial charge in [-0.15, -0.1) is 11.3 Å². The van der Waals surface area contributed by atoms with Crippen LogP contribution in [0.5, 0.6) is 0 Å². The maximum absolute atomic E-state index is 12.9. The monoisotopic (exact) mass is 439 g/mol. The zero-order chi connectivity index (χ0) is 22.2. The second kappa shape index (κ2) is 8.26. The number of rotatable bonds is 4. The van der Waals surface area contributed by atoms with Gasteiger partial charge in [0.2, 0.25) is 0 Å². The third-order valence-electron chi connectivity index (χ3n) is 5.60. The summed E-state index contributed by atoms with van der Waals surface area (Å²) in [5.41, 5.74) is 1.47. The van der Waals surface area contributed by atoms with Gasteiger partial charge >= 0.3 is 0 Å². The van der Waals surface area contributed by atoms with Gasteiger partial charge in [-0.3, -0.25) is 14.9 Å². The molecule has 1 aliphatic heterocycles. The molecular weight excluding hydrogens is 414 g/mol. The molecule has 0 N–H and O–H groups in total. The molecule has 3 heterocycles. The fraction of sp³-hybridized carbons (Fsp3) is 0.391. The van der Waals surface area contributed by atoms with Gasteiger partial charge in [0.25, 0.3) is 11.6 Å². The largest absolute Gasteiger partial charge is 0.451 e. The van der Waals surface area contributed by atoms with Crippen LogP contribution in [-0.4, -0.2) is 33.8 Å². The number of hydrogen-bond donors (Lipinski definition) is 0. The molecule has 0 unspecified atom stereocenters. The molecule has 2 aromatic heterocycles. The van der Waals surface area contributed by atoms with Crippen molar-refractivity contribution in [3.63, 3.8) is 0 Å². The standard InChI is InChI=1S/C23H25N3O4S/c1-23(2,3)20-14-31-21(24-20)15-10-12-25(13-11-15)22(27)19-9-8-18(30-19)16-6-4-5-7-17(16)26(28)29/h4-9,14-15H,10-13H2,1-3H3. The van der Waals surface area contributed by atoms with Gasteiger partial charge in [0.05, 0.1) is 21.2 Å². The molecule has 31 heavy (non-hydrogen) atoms. The number of thiazole rings is 1. The van der Waals surface area contributed by atoms with Crippen LogP contribution in [0, 0.1) is 10.1 Å². The minimum absolute atomic E-state index is 0.0379. The Bertz CT molecular complexity index is 1100. The molecule has 1 aliphatic rings. The number of aromatic nitrogens is 1. The lowest BCUT2D eigenvalue weighted by molar-refractivity contribution is -0.384. The first-order chi connectivity index (χ1) is 14.7. The van der Waals surface area contributed by atoms with E-state index in [0.29, 0.717) is 30.3 Å². The summed E-state index contributed by atoms with van der Waals surface area (Å²) in [6.07, 6.45) is 1.72. The summed E-state index contributed by atoms with van der Waals surface area (Å²) in [6.45, 7) is 7.75. The molecule has 0 aliphatic carbocycles. The first kappa shape index (κ1) is 21.2. The van der Waals surface area contributed by atoms with E-state index in [1.165, 1.54) is 6.07 Å². The van der Waals surface area contributed by atoms with E-state index in [2.05, 4.69) is 26.2 Å². The maximum atomic E-state index is 12.9. The first-order valence-corrected chi connectivity index (χ1v) is 11.2. The Kier molecular flexibility index (Phi) is 5.66. The number of para-hydroxylation sites is 1. The van der Waals surface area contributed by atoms with E-state index in [9.17, 15) is 14.9 Å². The van der Waals surface area contributed by atoms with Crippen molar-refractivity contribution in [2.24, 2.45) is 0 Å². The third kappa shape index (κ3) is 4.39. The molecule has 0 atom stereocenters. The predicted octanol–water partition coefficient (Wildman–Crippen LogP) is 5.63. The second-order valence-corrected chi connectivity index (χ2v) is 9.72. The SMILES string of the molecule is CC(C)(C)c1csc(C2CCN(C(=O)c3ccc(-c4ccccc4[N+](=O)[O-])o3)CC2)n1. The summed E-state index contributed by atoms with van der Waals surface area (Å²) in [6, 6.07) is 9.57.